The topological polar surface area (TPSA) is 26.3 Å². The minimum Gasteiger partial charge on any atom is -0.468 e. The highest BCUT2D eigenvalue weighted by atomic mass is 32.2. The Balaban J connectivity index is 3.96. The Hall–Kier alpha value is -0.320. The molecule has 0 bridgehead atoms. The molecule has 17 heavy (non-hydrogen) atoms. The van der Waals surface area contributed by atoms with Crippen molar-refractivity contribution < 1.29 is 18.3 Å². The van der Waals surface area contributed by atoms with Gasteiger partial charge in [0.2, 0.25) is 5.92 Å². The summed E-state index contributed by atoms with van der Waals surface area (Å²) in [5, 5.41) is -0.231. The van der Waals surface area contributed by atoms with Crippen LogP contribution in [0.5, 0.6) is 0 Å². The summed E-state index contributed by atoms with van der Waals surface area (Å²) in [7, 11) is 1.36. The summed E-state index contributed by atoms with van der Waals surface area (Å²) in [4.78, 5) is 11.4. The molecule has 102 valence electrons. The van der Waals surface area contributed by atoms with Crippen molar-refractivity contribution in [3.8, 4) is 0 Å². The highest BCUT2D eigenvalue weighted by Gasteiger charge is 2.23. The van der Waals surface area contributed by atoms with Crippen molar-refractivity contribution in [1.29, 1.82) is 0 Å². The maximum absolute atomic E-state index is 12.6. The zero-order chi connectivity index (χ0) is 13.5. The van der Waals surface area contributed by atoms with Gasteiger partial charge in [0.25, 0.3) is 0 Å². The third-order valence-corrected chi connectivity index (χ3v) is 3.54. The van der Waals surface area contributed by atoms with Crippen LogP contribution < -0.4 is 0 Å². The average Bonchev–Trinajstić information content (AvgIpc) is 2.19. The molecule has 0 spiro atoms. The van der Waals surface area contributed by atoms with Gasteiger partial charge in [0.15, 0.2) is 0 Å². The van der Waals surface area contributed by atoms with Gasteiger partial charge >= 0.3 is 5.97 Å². The second-order valence-electron chi connectivity index (χ2n) is 4.69. The Morgan fingerprint density at radius 3 is 2.41 bits per heavy atom. The Bertz CT molecular complexity index is 227. The molecule has 0 amide bonds. The fourth-order valence-corrected chi connectivity index (χ4v) is 2.75. The van der Waals surface area contributed by atoms with Crippen LogP contribution in [0.3, 0.4) is 0 Å². The number of alkyl halides is 2. The highest BCUT2D eigenvalue weighted by molar-refractivity contribution is 8.00. The lowest BCUT2D eigenvalue weighted by molar-refractivity contribution is -0.140. The van der Waals surface area contributed by atoms with E-state index in [4.69, 9.17) is 4.74 Å². The van der Waals surface area contributed by atoms with E-state index in [9.17, 15) is 13.6 Å². The van der Waals surface area contributed by atoms with Gasteiger partial charge < -0.3 is 4.74 Å². The molecule has 0 aromatic heterocycles. The lowest BCUT2D eigenvalue weighted by atomic mass is 10.1. The zero-order valence-electron chi connectivity index (χ0n) is 11.0. The second-order valence-corrected chi connectivity index (χ2v) is 6.00. The Morgan fingerprint density at radius 2 is 2.00 bits per heavy atom. The van der Waals surface area contributed by atoms with Crippen LogP contribution in [0.15, 0.2) is 0 Å². The van der Waals surface area contributed by atoms with Gasteiger partial charge in [0.1, 0.15) is 5.25 Å². The van der Waals surface area contributed by atoms with E-state index < -0.39 is 5.92 Å². The Kier molecular flexibility index (Phi) is 7.75. The third-order valence-electron chi connectivity index (χ3n) is 2.23. The molecule has 0 N–H and O–H groups in total. The molecule has 0 aliphatic rings. The number of methoxy groups -OCH3 is 1. The molecule has 0 aromatic rings. The van der Waals surface area contributed by atoms with Crippen molar-refractivity contribution in [3.05, 3.63) is 0 Å². The fourth-order valence-electron chi connectivity index (χ4n) is 1.40. The molecule has 0 fully saturated rings. The van der Waals surface area contributed by atoms with Crippen molar-refractivity contribution in [2.75, 3.05) is 12.9 Å². The predicted octanol–water partition coefficient (Wildman–Crippen LogP) is 3.74. The maximum Gasteiger partial charge on any atom is 0.318 e. The lowest BCUT2D eigenvalue weighted by Gasteiger charge is -2.16. The molecule has 0 aliphatic carbocycles. The third kappa shape index (κ3) is 9.39. The van der Waals surface area contributed by atoms with Crippen molar-refractivity contribution in [1.82, 2.24) is 0 Å². The Morgan fingerprint density at radius 1 is 1.41 bits per heavy atom. The van der Waals surface area contributed by atoms with Crippen molar-refractivity contribution in [2.24, 2.45) is 5.92 Å². The fraction of sp³-hybridized carbons (Fsp3) is 0.917. The largest absolute Gasteiger partial charge is 0.468 e. The lowest BCUT2D eigenvalue weighted by Crippen LogP contribution is -2.21. The van der Waals surface area contributed by atoms with Gasteiger partial charge in [0, 0.05) is 6.42 Å². The minimum absolute atomic E-state index is 0.129. The molecule has 1 atom stereocenters. The maximum atomic E-state index is 12.6. The molecular weight excluding hydrogens is 246 g/mol. The van der Waals surface area contributed by atoms with Crippen LogP contribution in [0, 0.1) is 5.92 Å². The van der Waals surface area contributed by atoms with Crippen molar-refractivity contribution in [3.63, 3.8) is 0 Å². The van der Waals surface area contributed by atoms with E-state index in [0.29, 0.717) is 18.1 Å². The summed E-state index contributed by atoms with van der Waals surface area (Å²) in [6, 6.07) is 0. The molecule has 0 heterocycles. The molecule has 0 radical (unpaired) electrons. The van der Waals surface area contributed by atoms with E-state index in [1.807, 2.05) is 13.8 Å². The first-order valence-corrected chi connectivity index (χ1v) is 6.88. The highest BCUT2D eigenvalue weighted by Crippen LogP contribution is 2.25. The van der Waals surface area contributed by atoms with E-state index in [-0.39, 0.29) is 17.6 Å². The van der Waals surface area contributed by atoms with E-state index in [0.717, 1.165) is 13.3 Å². The standard InChI is InChI=1S/C12H22F2O2S/c1-9(2)8-10(11(15)16-4)17-7-5-6-12(3,13)14/h9-10H,5-8H2,1-4H3. The molecule has 0 aromatic carbocycles. The van der Waals surface area contributed by atoms with Crippen molar-refractivity contribution >= 4 is 17.7 Å². The SMILES string of the molecule is COC(=O)C(CC(C)C)SCCCC(C)(F)F. The quantitative estimate of drug-likeness (QED) is 0.495. The van der Waals surface area contributed by atoms with Gasteiger partial charge in [-0.1, -0.05) is 13.8 Å². The van der Waals surface area contributed by atoms with Gasteiger partial charge in [-0.3, -0.25) is 4.79 Å². The van der Waals surface area contributed by atoms with E-state index in [2.05, 4.69) is 0 Å². The first kappa shape index (κ1) is 16.7. The molecular formula is C12H22F2O2S. The molecule has 0 rings (SSSR count). The normalized spacial score (nSPS) is 13.8. The summed E-state index contributed by atoms with van der Waals surface area (Å²) in [6.45, 7) is 4.97. The van der Waals surface area contributed by atoms with Gasteiger partial charge in [-0.05, 0) is 31.4 Å². The first-order chi connectivity index (χ1) is 7.76. The van der Waals surface area contributed by atoms with E-state index >= 15 is 0 Å². The van der Waals surface area contributed by atoms with Crippen LogP contribution in [0.25, 0.3) is 0 Å². The molecule has 0 saturated carbocycles. The van der Waals surface area contributed by atoms with Crippen LogP contribution >= 0.6 is 11.8 Å². The smallest absolute Gasteiger partial charge is 0.318 e. The molecule has 0 saturated heterocycles. The average molecular weight is 268 g/mol. The number of carbonyl (C=O) groups excluding carboxylic acids is 1. The van der Waals surface area contributed by atoms with Gasteiger partial charge in [-0.25, -0.2) is 8.78 Å². The summed E-state index contributed by atoms with van der Waals surface area (Å²) >= 11 is 1.42. The van der Waals surface area contributed by atoms with Gasteiger partial charge in [-0.2, -0.15) is 0 Å². The molecule has 2 nitrogen and oxygen atoms in total. The number of hydrogen-bond acceptors (Lipinski definition) is 3. The van der Waals surface area contributed by atoms with Crippen molar-refractivity contribution in [2.45, 2.75) is 51.2 Å². The number of halogens is 2. The number of esters is 1. The van der Waals surface area contributed by atoms with Crippen LogP contribution in [-0.4, -0.2) is 30.0 Å². The van der Waals surface area contributed by atoms with Gasteiger partial charge in [-0.15, -0.1) is 11.8 Å². The monoisotopic (exact) mass is 268 g/mol. The summed E-state index contributed by atoms with van der Waals surface area (Å²) in [5.74, 6) is -1.92. The molecule has 1 unspecified atom stereocenters. The number of thioether (sulfide) groups is 1. The Labute approximate surface area is 106 Å². The van der Waals surface area contributed by atoms with Crippen LogP contribution in [0.4, 0.5) is 8.78 Å². The summed E-state index contributed by atoms with van der Waals surface area (Å²) in [5.41, 5.74) is 0. The molecule has 0 aliphatic heterocycles. The number of rotatable bonds is 8. The van der Waals surface area contributed by atoms with E-state index in [1.165, 1.54) is 18.9 Å². The summed E-state index contributed by atoms with van der Waals surface area (Å²) < 4.78 is 29.9. The number of hydrogen-bond donors (Lipinski definition) is 0. The second kappa shape index (κ2) is 7.90. The molecule has 5 heteroatoms. The number of carbonyl (C=O) groups is 1. The first-order valence-electron chi connectivity index (χ1n) is 5.83. The number of ether oxygens (including phenoxy) is 1. The van der Waals surface area contributed by atoms with Crippen LogP contribution in [-0.2, 0) is 9.53 Å². The van der Waals surface area contributed by atoms with Crippen LogP contribution in [0.2, 0.25) is 0 Å². The zero-order valence-corrected chi connectivity index (χ0v) is 11.8. The van der Waals surface area contributed by atoms with Crippen LogP contribution in [0.1, 0.15) is 40.0 Å². The van der Waals surface area contributed by atoms with E-state index in [1.54, 1.807) is 0 Å². The minimum atomic E-state index is -2.61. The van der Waals surface area contributed by atoms with Gasteiger partial charge in [0.05, 0.1) is 7.11 Å². The predicted molar refractivity (Wildman–Crippen MR) is 67.6 cm³/mol. The summed E-state index contributed by atoms with van der Waals surface area (Å²) in [6.07, 6.45) is 1.01.